The minimum absolute atomic E-state index is 0.372. The Bertz CT molecular complexity index is 533. The second kappa shape index (κ2) is 8.15. The van der Waals surface area contributed by atoms with Crippen LogP contribution >= 0.6 is 0 Å². The van der Waals surface area contributed by atoms with Crippen molar-refractivity contribution in [3.8, 4) is 0 Å². The van der Waals surface area contributed by atoms with Crippen molar-refractivity contribution in [1.29, 1.82) is 0 Å². The lowest BCUT2D eigenvalue weighted by molar-refractivity contribution is -0.133. The van der Waals surface area contributed by atoms with Gasteiger partial charge in [-0.3, -0.25) is 9.48 Å². The molecule has 0 bridgehead atoms. The highest BCUT2D eigenvalue weighted by Crippen LogP contribution is 2.23. The van der Waals surface area contributed by atoms with E-state index in [2.05, 4.69) is 39.7 Å². The average Bonchev–Trinajstić information content (AvgIpc) is 2.98. The number of likely N-dealkylation sites (tertiary alicyclic amines) is 2. The maximum atomic E-state index is 12.5. The lowest BCUT2D eigenvalue weighted by Crippen LogP contribution is -2.40. The van der Waals surface area contributed by atoms with Crippen LogP contribution < -0.4 is 0 Å². The molecule has 5 heteroatoms. The first-order valence-electron chi connectivity index (χ1n) is 9.55. The van der Waals surface area contributed by atoms with Crippen LogP contribution in [0.4, 0.5) is 0 Å². The summed E-state index contributed by atoms with van der Waals surface area (Å²) in [5.74, 6) is 1.74. The van der Waals surface area contributed by atoms with Gasteiger partial charge in [-0.05, 0) is 70.0 Å². The molecule has 1 aromatic rings. The fourth-order valence-corrected chi connectivity index (χ4v) is 4.19. The van der Waals surface area contributed by atoms with Gasteiger partial charge in [-0.1, -0.05) is 0 Å². The summed E-state index contributed by atoms with van der Waals surface area (Å²) in [4.78, 5) is 17.0. The number of hydrogen-bond acceptors (Lipinski definition) is 3. The molecule has 3 rings (SSSR count). The van der Waals surface area contributed by atoms with Crippen molar-refractivity contribution in [2.24, 2.45) is 11.8 Å². The van der Waals surface area contributed by atoms with Crippen molar-refractivity contribution in [2.45, 2.75) is 52.0 Å². The number of piperidine rings is 2. The largest absolute Gasteiger partial charge is 0.343 e. The zero-order chi connectivity index (χ0) is 16.9. The first-order chi connectivity index (χ1) is 11.6. The Morgan fingerprint density at radius 1 is 1.21 bits per heavy atom. The monoisotopic (exact) mass is 332 g/mol. The minimum atomic E-state index is 0.372. The molecule has 0 radical (unpaired) electrons. The van der Waals surface area contributed by atoms with Crippen LogP contribution in [-0.4, -0.2) is 58.7 Å². The standard InChI is InChI=1S/C19H32N4O/c1-16-12-20-23(13-16)15-18-7-10-22(11-8-18)19(24)6-5-17-4-3-9-21(2)14-17/h12-13,17-18H,3-11,14-15H2,1-2H3/t17-/m1/s1. The molecule has 2 aliphatic heterocycles. The van der Waals surface area contributed by atoms with Gasteiger partial charge in [-0.15, -0.1) is 0 Å². The molecule has 24 heavy (non-hydrogen) atoms. The van der Waals surface area contributed by atoms with E-state index in [1.165, 1.54) is 31.5 Å². The summed E-state index contributed by atoms with van der Waals surface area (Å²) < 4.78 is 2.05. The van der Waals surface area contributed by atoms with E-state index in [-0.39, 0.29) is 0 Å². The third kappa shape index (κ3) is 4.82. The Balaban J connectivity index is 1.37. The van der Waals surface area contributed by atoms with Crippen LogP contribution in [-0.2, 0) is 11.3 Å². The number of aryl methyl sites for hydroxylation is 1. The van der Waals surface area contributed by atoms with Crippen molar-refractivity contribution >= 4 is 5.91 Å². The molecule has 0 spiro atoms. The minimum Gasteiger partial charge on any atom is -0.343 e. The summed E-state index contributed by atoms with van der Waals surface area (Å²) >= 11 is 0. The molecule has 3 heterocycles. The van der Waals surface area contributed by atoms with Gasteiger partial charge in [-0.2, -0.15) is 5.10 Å². The number of carbonyl (C=O) groups is 1. The predicted molar refractivity (Wildman–Crippen MR) is 95.7 cm³/mol. The second-order valence-corrected chi connectivity index (χ2v) is 7.87. The molecule has 5 nitrogen and oxygen atoms in total. The van der Waals surface area contributed by atoms with Gasteiger partial charge < -0.3 is 9.80 Å². The molecule has 2 fully saturated rings. The Labute approximate surface area is 146 Å². The summed E-state index contributed by atoms with van der Waals surface area (Å²) in [5.41, 5.74) is 1.22. The van der Waals surface area contributed by atoms with Crippen LogP contribution in [0.25, 0.3) is 0 Å². The molecule has 0 saturated carbocycles. The van der Waals surface area contributed by atoms with Crippen molar-refractivity contribution in [3.05, 3.63) is 18.0 Å². The lowest BCUT2D eigenvalue weighted by atomic mass is 9.92. The summed E-state index contributed by atoms with van der Waals surface area (Å²) in [6.45, 7) is 7.30. The molecule has 1 aromatic heterocycles. The first kappa shape index (κ1) is 17.5. The summed E-state index contributed by atoms with van der Waals surface area (Å²) in [6.07, 6.45) is 10.6. The van der Waals surface area contributed by atoms with Crippen LogP contribution in [0.1, 0.15) is 44.1 Å². The molecule has 0 aliphatic carbocycles. The van der Waals surface area contributed by atoms with Crippen molar-refractivity contribution < 1.29 is 4.79 Å². The van der Waals surface area contributed by atoms with Gasteiger partial charge in [0.15, 0.2) is 0 Å². The van der Waals surface area contributed by atoms with Gasteiger partial charge in [-0.25, -0.2) is 0 Å². The first-order valence-corrected chi connectivity index (χ1v) is 9.55. The molecule has 0 N–H and O–H groups in total. The van der Waals surface area contributed by atoms with Crippen molar-refractivity contribution in [2.75, 3.05) is 33.2 Å². The summed E-state index contributed by atoms with van der Waals surface area (Å²) in [6, 6.07) is 0. The van der Waals surface area contributed by atoms with Crippen LogP contribution in [0.15, 0.2) is 12.4 Å². The highest BCUT2D eigenvalue weighted by molar-refractivity contribution is 5.76. The predicted octanol–water partition coefficient (Wildman–Crippen LogP) is 2.55. The van der Waals surface area contributed by atoms with E-state index in [0.29, 0.717) is 17.7 Å². The van der Waals surface area contributed by atoms with E-state index in [1.54, 1.807) is 0 Å². The van der Waals surface area contributed by atoms with Crippen molar-refractivity contribution in [3.63, 3.8) is 0 Å². The van der Waals surface area contributed by atoms with Crippen LogP contribution in [0, 0.1) is 18.8 Å². The Morgan fingerprint density at radius 2 is 2.00 bits per heavy atom. The zero-order valence-corrected chi connectivity index (χ0v) is 15.3. The zero-order valence-electron chi connectivity index (χ0n) is 15.3. The fraction of sp³-hybridized carbons (Fsp3) is 0.789. The Morgan fingerprint density at radius 3 is 2.67 bits per heavy atom. The van der Waals surface area contributed by atoms with Gasteiger partial charge in [0.25, 0.3) is 0 Å². The number of hydrogen-bond donors (Lipinski definition) is 0. The molecule has 0 unspecified atom stereocenters. The lowest BCUT2D eigenvalue weighted by Gasteiger charge is -2.33. The van der Waals surface area contributed by atoms with Gasteiger partial charge in [0.2, 0.25) is 5.91 Å². The molecule has 1 amide bonds. The number of aromatic nitrogens is 2. The van der Waals surface area contributed by atoms with E-state index in [4.69, 9.17) is 0 Å². The van der Waals surface area contributed by atoms with Gasteiger partial charge >= 0.3 is 0 Å². The van der Waals surface area contributed by atoms with Gasteiger partial charge in [0, 0.05) is 38.8 Å². The highest BCUT2D eigenvalue weighted by atomic mass is 16.2. The molecular formula is C19H32N4O. The average molecular weight is 332 g/mol. The SMILES string of the molecule is Cc1cnn(CC2CCN(C(=O)CC[C@H]3CCCN(C)C3)CC2)c1. The normalized spacial score (nSPS) is 23.6. The molecule has 134 valence electrons. The quantitative estimate of drug-likeness (QED) is 0.832. The van der Waals surface area contributed by atoms with Gasteiger partial charge in [0.05, 0.1) is 6.20 Å². The smallest absolute Gasteiger partial charge is 0.222 e. The molecule has 1 atom stereocenters. The van der Waals surface area contributed by atoms with E-state index in [1.807, 2.05) is 6.20 Å². The fourth-order valence-electron chi connectivity index (χ4n) is 4.19. The van der Waals surface area contributed by atoms with Crippen molar-refractivity contribution in [1.82, 2.24) is 19.6 Å². The third-order valence-electron chi connectivity index (χ3n) is 5.66. The second-order valence-electron chi connectivity index (χ2n) is 7.87. The van der Waals surface area contributed by atoms with Crippen LogP contribution in [0.2, 0.25) is 0 Å². The topological polar surface area (TPSA) is 41.4 Å². The molecule has 0 aromatic carbocycles. The van der Waals surface area contributed by atoms with E-state index in [9.17, 15) is 4.79 Å². The number of rotatable bonds is 5. The van der Waals surface area contributed by atoms with E-state index >= 15 is 0 Å². The van der Waals surface area contributed by atoms with Gasteiger partial charge in [0.1, 0.15) is 0 Å². The molecular weight excluding hydrogens is 300 g/mol. The third-order valence-corrected chi connectivity index (χ3v) is 5.66. The molecule has 2 aliphatic rings. The maximum absolute atomic E-state index is 12.5. The number of nitrogens with zero attached hydrogens (tertiary/aromatic N) is 4. The Hall–Kier alpha value is -1.36. The van der Waals surface area contributed by atoms with E-state index < -0.39 is 0 Å². The van der Waals surface area contributed by atoms with Crippen LogP contribution in [0.5, 0.6) is 0 Å². The van der Waals surface area contributed by atoms with Crippen LogP contribution in [0.3, 0.4) is 0 Å². The summed E-state index contributed by atoms with van der Waals surface area (Å²) in [7, 11) is 2.19. The van der Waals surface area contributed by atoms with E-state index in [0.717, 1.165) is 45.3 Å². The highest BCUT2D eigenvalue weighted by Gasteiger charge is 2.24. The summed E-state index contributed by atoms with van der Waals surface area (Å²) in [5, 5.41) is 4.38. The number of amides is 1. The molecule has 2 saturated heterocycles. The number of carbonyl (C=O) groups excluding carboxylic acids is 1. The Kier molecular flexibility index (Phi) is 5.93. The maximum Gasteiger partial charge on any atom is 0.222 e.